The molecule has 3 fully saturated rings. The summed E-state index contributed by atoms with van der Waals surface area (Å²) >= 11 is 0. The number of allylic oxidation sites excluding steroid dienone is 6. The number of amides is 1. The van der Waals surface area contributed by atoms with Gasteiger partial charge in [0.15, 0.2) is 5.78 Å². The number of nitrogens with zero attached hydrogens (tertiary/aromatic N) is 1. The van der Waals surface area contributed by atoms with Crippen LogP contribution in [0.25, 0.3) is 0 Å². The fourth-order valence-electron chi connectivity index (χ4n) is 10.8. The SMILES string of the molecule is CCO[C@H]1C[C@H]2CC[C@@H](C)[C@@](O)(O2)C(=O)C(=O)N2CCCC[C@H]2C(=O)O[C@H]([C@H](C)C[C@@H]2CC[C@@H](OCCO)[C@H](OC)C2)CC[C@H](C)C=C(C)[C@@H](O)[C@@H](OC)C(=O)[C@H](C)C[C@H](C)C=CC=CC=C1C. The third kappa shape index (κ3) is 16.0. The molecule has 2 saturated heterocycles. The maximum Gasteiger partial charge on any atom is 0.329 e. The predicted octanol–water partition coefficient (Wildman–Crippen LogP) is 7.41. The van der Waals surface area contributed by atoms with Crippen LogP contribution in [0.5, 0.6) is 0 Å². The number of rotatable bonds is 10. The van der Waals surface area contributed by atoms with Crippen LogP contribution in [0.2, 0.25) is 0 Å². The van der Waals surface area contributed by atoms with E-state index in [2.05, 4.69) is 6.92 Å². The Morgan fingerprint density at radius 3 is 2.28 bits per heavy atom. The van der Waals surface area contributed by atoms with Crippen LogP contribution in [-0.4, -0.2) is 139 Å². The summed E-state index contributed by atoms with van der Waals surface area (Å²) in [6.45, 7) is 16.1. The summed E-state index contributed by atoms with van der Waals surface area (Å²) in [5.41, 5.74) is 1.53. The molecule has 68 heavy (non-hydrogen) atoms. The first-order chi connectivity index (χ1) is 32.4. The van der Waals surface area contributed by atoms with Gasteiger partial charge in [-0.25, -0.2) is 4.79 Å². The lowest BCUT2D eigenvalue weighted by atomic mass is 9.78. The summed E-state index contributed by atoms with van der Waals surface area (Å²) in [6, 6.07) is -1.03. The molecule has 15 atom stereocenters. The Bertz CT molecular complexity index is 1740. The summed E-state index contributed by atoms with van der Waals surface area (Å²) in [6.07, 6.45) is 15.4. The topological polar surface area (TPSA) is 188 Å². The third-order valence-corrected chi connectivity index (χ3v) is 15.0. The van der Waals surface area contributed by atoms with E-state index in [0.29, 0.717) is 70.0 Å². The molecule has 4 aliphatic rings. The van der Waals surface area contributed by atoms with Gasteiger partial charge in [0.05, 0.1) is 37.6 Å². The van der Waals surface area contributed by atoms with Crippen LogP contribution in [0.15, 0.2) is 47.6 Å². The van der Waals surface area contributed by atoms with Gasteiger partial charge >= 0.3 is 5.97 Å². The summed E-state index contributed by atoms with van der Waals surface area (Å²) in [4.78, 5) is 58.2. The molecule has 0 spiro atoms. The normalized spacial score (nSPS) is 36.7. The number of ketones is 2. The molecule has 386 valence electrons. The van der Waals surface area contributed by atoms with Gasteiger partial charge in [-0.2, -0.15) is 0 Å². The van der Waals surface area contributed by atoms with Gasteiger partial charge in [-0.3, -0.25) is 14.4 Å². The van der Waals surface area contributed by atoms with Gasteiger partial charge < -0.3 is 48.6 Å². The maximum absolute atomic E-state index is 14.5. The molecule has 0 aromatic heterocycles. The van der Waals surface area contributed by atoms with E-state index in [0.717, 1.165) is 31.3 Å². The Morgan fingerprint density at radius 2 is 1.59 bits per heavy atom. The molecule has 1 amide bonds. The number of hydrogen-bond donors (Lipinski definition) is 3. The fraction of sp³-hybridized carbons (Fsp3) is 0.778. The van der Waals surface area contributed by atoms with Crippen molar-refractivity contribution < 1.29 is 62.9 Å². The van der Waals surface area contributed by atoms with E-state index in [-0.39, 0.29) is 73.4 Å². The molecule has 0 aromatic carbocycles. The van der Waals surface area contributed by atoms with Crippen LogP contribution < -0.4 is 0 Å². The van der Waals surface area contributed by atoms with E-state index in [1.54, 1.807) is 21.0 Å². The number of aliphatic hydroxyl groups excluding tert-OH is 2. The Kier molecular flexibility index (Phi) is 23.7. The van der Waals surface area contributed by atoms with Crippen molar-refractivity contribution in [2.75, 3.05) is 40.6 Å². The number of piperidine rings is 1. The van der Waals surface area contributed by atoms with Gasteiger partial charge in [0.2, 0.25) is 5.79 Å². The van der Waals surface area contributed by atoms with E-state index in [1.165, 1.54) is 12.0 Å². The van der Waals surface area contributed by atoms with Crippen molar-refractivity contribution in [1.29, 1.82) is 0 Å². The van der Waals surface area contributed by atoms with Crippen molar-refractivity contribution in [3.8, 4) is 0 Å². The van der Waals surface area contributed by atoms with Gasteiger partial charge in [0.25, 0.3) is 11.7 Å². The zero-order valence-electron chi connectivity index (χ0n) is 42.9. The number of carbonyl (C=O) groups is 4. The van der Waals surface area contributed by atoms with Gasteiger partial charge in [0.1, 0.15) is 24.4 Å². The molecule has 0 radical (unpaired) electrons. The van der Waals surface area contributed by atoms with Crippen molar-refractivity contribution in [1.82, 2.24) is 4.90 Å². The van der Waals surface area contributed by atoms with Crippen molar-refractivity contribution in [3.63, 3.8) is 0 Å². The van der Waals surface area contributed by atoms with E-state index in [4.69, 9.17) is 28.4 Å². The zero-order valence-corrected chi connectivity index (χ0v) is 42.9. The molecule has 3 heterocycles. The standard InChI is InChI=1S/C54H87NO13/c1-11-65-46-33-42-23-21-40(8)54(62,68-42)51(59)52(60)55-26-16-15-19-43(55)53(61)67-44(37(5)31-41-22-25-45(66-28-27-56)47(32-41)63-9)24-20-35(3)30-39(7)49(58)50(64-10)48(57)38(6)29-34(2)17-13-12-14-18-36(46)4/h12-14,17-18,30,34-35,37-38,40-47,49-50,56,58,62H,11,15-16,19-29,31-33H2,1-10H3/t34-,35+,37-,38-,40-,41+,42-,43+,44+,45-,46+,47-,49-,50+,54-/m1/s1. The minimum atomic E-state index is -2.39. The van der Waals surface area contributed by atoms with E-state index < -0.39 is 59.8 Å². The summed E-state index contributed by atoms with van der Waals surface area (Å²) in [5, 5.41) is 32.9. The number of Topliss-reactive ketones (excluding diaryl/α,β-unsaturated/α-hetero) is 2. The lowest BCUT2D eigenvalue weighted by molar-refractivity contribution is -0.266. The van der Waals surface area contributed by atoms with Crippen LogP contribution in [0.4, 0.5) is 0 Å². The number of esters is 1. The molecular formula is C54H87NO13. The zero-order chi connectivity index (χ0) is 50.1. The van der Waals surface area contributed by atoms with Crippen molar-refractivity contribution in [3.05, 3.63) is 47.6 Å². The predicted molar refractivity (Wildman–Crippen MR) is 260 cm³/mol. The van der Waals surface area contributed by atoms with Crippen LogP contribution in [-0.2, 0) is 47.6 Å². The van der Waals surface area contributed by atoms with E-state index in [9.17, 15) is 34.5 Å². The quantitative estimate of drug-likeness (QED) is 0.112. The number of methoxy groups -OCH3 is 2. The van der Waals surface area contributed by atoms with Crippen molar-refractivity contribution in [2.24, 2.45) is 35.5 Å². The molecule has 14 heteroatoms. The molecule has 3 N–H and O–H groups in total. The summed E-state index contributed by atoms with van der Waals surface area (Å²) in [7, 11) is 3.12. The van der Waals surface area contributed by atoms with Crippen molar-refractivity contribution >= 4 is 23.4 Å². The average molecular weight is 958 g/mol. The number of hydrogen-bond acceptors (Lipinski definition) is 13. The molecule has 4 rings (SSSR count). The largest absolute Gasteiger partial charge is 0.461 e. The highest BCUT2D eigenvalue weighted by Crippen LogP contribution is 2.38. The number of carbonyl (C=O) groups excluding carboxylic acids is 4. The number of fused-ring (bicyclic) bond motifs is 3. The fourth-order valence-corrected chi connectivity index (χ4v) is 10.8. The molecule has 0 unspecified atom stereocenters. The van der Waals surface area contributed by atoms with E-state index in [1.807, 2.05) is 71.1 Å². The second kappa shape index (κ2) is 28.1. The molecule has 1 saturated carbocycles. The van der Waals surface area contributed by atoms with Crippen molar-refractivity contribution in [2.45, 2.75) is 193 Å². The molecule has 1 aliphatic carbocycles. The Hall–Kier alpha value is -3.08. The number of aliphatic hydroxyl groups is 3. The van der Waals surface area contributed by atoms with Crippen LogP contribution in [0.3, 0.4) is 0 Å². The molecule has 0 aromatic rings. The molecule has 3 aliphatic heterocycles. The van der Waals surface area contributed by atoms with Gasteiger partial charge in [-0.15, -0.1) is 0 Å². The van der Waals surface area contributed by atoms with Crippen LogP contribution in [0.1, 0.15) is 139 Å². The molecule has 2 bridgehead atoms. The second-order valence-electron chi connectivity index (χ2n) is 20.5. The van der Waals surface area contributed by atoms with Crippen LogP contribution >= 0.6 is 0 Å². The highest BCUT2D eigenvalue weighted by atomic mass is 16.6. The Balaban J connectivity index is 1.68. The smallest absolute Gasteiger partial charge is 0.329 e. The third-order valence-electron chi connectivity index (χ3n) is 15.0. The maximum atomic E-state index is 14.5. The molecular weight excluding hydrogens is 871 g/mol. The number of ether oxygens (including phenoxy) is 6. The van der Waals surface area contributed by atoms with Crippen LogP contribution in [0, 0.1) is 35.5 Å². The Morgan fingerprint density at radius 1 is 0.838 bits per heavy atom. The minimum Gasteiger partial charge on any atom is -0.461 e. The summed E-state index contributed by atoms with van der Waals surface area (Å²) < 4.78 is 36.2. The highest BCUT2D eigenvalue weighted by Gasteiger charge is 2.53. The number of cyclic esters (lactones) is 1. The average Bonchev–Trinajstić information content (AvgIpc) is 3.32. The lowest BCUT2D eigenvalue weighted by Crippen LogP contribution is -2.61. The molecule has 14 nitrogen and oxygen atoms in total. The summed E-state index contributed by atoms with van der Waals surface area (Å²) in [5.74, 6) is -6.09. The first-order valence-corrected chi connectivity index (χ1v) is 25.7. The first kappa shape index (κ1) is 57.5. The monoisotopic (exact) mass is 958 g/mol. The first-order valence-electron chi connectivity index (χ1n) is 25.7. The van der Waals surface area contributed by atoms with Gasteiger partial charge in [-0.1, -0.05) is 71.1 Å². The Labute approximate surface area is 407 Å². The minimum absolute atomic E-state index is 0.0636. The second-order valence-corrected chi connectivity index (χ2v) is 20.5. The van der Waals surface area contributed by atoms with E-state index >= 15 is 0 Å². The van der Waals surface area contributed by atoms with Gasteiger partial charge in [0, 0.05) is 45.6 Å². The lowest BCUT2D eigenvalue weighted by Gasteiger charge is -2.43. The highest BCUT2D eigenvalue weighted by molar-refractivity contribution is 6.39. The van der Waals surface area contributed by atoms with Gasteiger partial charge in [-0.05, 0) is 133 Å².